The normalized spacial score (nSPS) is 44.2. The third kappa shape index (κ3) is 2.71. The van der Waals surface area contributed by atoms with Crippen LogP contribution in [0.25, 0.3) is 0 Å². The average Bonchev–Trinajstić information content (AvgIpc) is 2.23. The monoisotopic (exact) mass is 213 g/mol. The van der Waals surface area contributed by atoms with Gasteiger partial charge in [-0.1, -0.05) is 6.92 Å². The molecule has 1 saturated heterocycles. The van der Waals surface area contributed by atoms with Crippen molar-refractivity contribution < 1.29 is 10.2 Å². The number of hydrogen-bond donors (Lipinski definition) is 2. The van der Waals surface area contributed by atoms with Crippen LogP contribution in [-0.2, 0) is 0 Å². The lowest BCUT2D eigenvalue weighted by Crippen LogP contribution is -2.48. The molecule has 0 aromatic rings. The summed E-state index contributed by atoms with van der Waals surface area (Å²) in [5, 5.41) is 19.1. The molecule has 0 radical (unpaired) electrons. The van der Waals surface area contributed by atoms with Crippen LogP contribution in [0.2, 0.25) is 0 Å². The Morgan fingerprint density at radius 3 is 2.27 bits per heavy atom. The first kappa shape index (κ1) is 11.4. The van der Waals surface area contributed by atoms with Crippen LogP contribution in [0.3, 0.4) is 0 Å². The van der Waals surface area contributed by atoms with E-state index in [1.165, 1.54) is 0 Å². The van der Waals surface area contributed by atoms with Gasteiger partial charge in [-0.15, -0.1) is 0 Å². The third-order valence-corrected chi connectivity index (χ3v) is 4.07. The summed E-state index contributed by atoms with van der Waals surface area (Å²) in [6, 6.07) is 0.656. The lowest BCUT2D eigenvalue weighted by Gasteiger charge is -2.41. The average molecular weight is 213 g/mol. The molecule has 1 heterocycles. The topological polar surface area (TPSA) is 43.7 Å². The highest BCUT2D eigenvalue weighted by atomic mass is 16.3. The molecule has 0 aromatic heterocycles. The molecule has 3 nitrogen and oxygen atoms in total. The molecular formula is C12H23NO2. The van der Waals surface area contributed by atoms with E-state index >= 15 is 0 Å². The highest BCUT2D eigenvalue weighted by Gasteiger charge is 2.30. The van der Waals surface area contributed by atoms with Gasteiger partial charge in [0.25, 0.3) is 0 Å². The van der Waals surface area contributed by atoms with E-state index in [0.717, 1.165) is 45.2 Å². The minimum atomic E-state index is -0.101. The zero-order valence-electron chi connectivity index (χ0n) is 9.60. The molecule has 0 spiro atoms. The van der Waals surface area contributed by atoms with E-state index in [2.05, 4.69) is 11.8 Å². The van der Waals surface area contributed by atoms with Crippen molar-refractivity contribution in [1.29, 1.82) is 0 Å². The van der Waals surface area contributed by atoms with Crippen LogP contribution in [-0.4, -0.2) is 46.5 Å². The second-order valence-electron chi connectivity index (χ2n) is 5.29. The zero-order chi connectivity index (χ0) is 10.8. The predicted octanol–water partition coefficient (Wildman–Crippen LogP) is 0.993. The Bertz CT molecular complexity index is 202. The van der Waals surface area contributed by atoms with Gasteiger partial charge in [-0.3, -0.25) is 4.90 Å². The van der Waals surface area contributed by atoms with E-state index in [1.807, 2.05) is 0 Å². The maximum absolute atomic E-state index is 9.67. The standard InChI is InChI=1S/C12H23NO2/c1-9-8-13(7-6-12(9)15)10-2-4-11(14)5-3-10/h9-12,14-15H,2-8H2,1H3. The number of nitrogens with zero attached hydrogens (tertiary/aromatic N) is 1. The lowest BCUT2D eigenvalue weighted by atomic mass is 9.88. The largest absolute Gasteiger partial charge is 0.393 e. The molecule has 2 rings (SSSR count). The molecule has 2 fully saturated rings. The first-order valence-corrected chi connectivity index (χ1v) is 6.27. The quantitative estimate of drug-likeness (QED) is 0.683. The summed E-state index contributed by atoms with van der Waals surface area (Å²) in [4.78, 5) is 2.52. The summed E-state index contributed by atoms with van der Waals surface area (Å²) in [6.45, 7) is 4.20. The van der Waals surface area contributed by atoms with Crippen LogP contribution in [0.15, 0.2) is 0 Å². The van der Waals surface area contributed by atoms with Crippen molar-refractivity contribution in [1.82, 2.24) is 4.90 Å². The molecule has 2 atom stereocenters. The molecule has 88 valence electrons. The Hall–Kier alpha value is -0.120. The second-order valence-corrected chi connectivity index (χ2v) is 5.29. The van der Waals surface area contributed by atoms with E-state index < -0.39 is 0 Å². The van der Waals surface area contributed by atoms with Crippen LogP contribution >= 0.6 is 0 Å². The van der Waals surface area contributed by atoms with Crippen molar-refractivity contribution >= 4 is 0 Å². The number of likely N-dealkylation sites (tertiary alicyclic amines) is 1. The summed E-state index contributed by atoms with van der Waals surface area (Å²) >= 11 is 0. The summed E-state index contributed by atoms with van der Waals surface area (Å²) in [5.74, 6) is 0.408. The maximum atomic E-state index is 9.67. The van der Waals surface area contributed by atoms with Gasteiger partial charge in [0.2, 0.25) is 0 Å². The van der Waals surface area contributed by atoms with E-state index in [1.54, 1.807) is 0 Å². The van der Waals surface area contributed by atoms with Crippen LogP contribution in [0, 0.1) is 5.92 Å². The molecule has 1 aliphatic heterocycles. The molecule has 2 N–H and O–H groups in total. The van der Waals surface area contributed by atoms with Crippen molar-refractivity contribution in [2.45, 2.75) is 57.3 Å². The van der Waals surface area contributed by atoms with Gasteiger partial charge < -0.3 is 10.2 Å². The van der Waals surface area contributed by atoms with Crippen LogP contribution in [0.1, 0.15) is 39.0 Å². The molecule has 0 bridgehead atoms. The minimum absolute atomic E-state index is 0.0611. The molecular weight excluding hydrogens is 190 g/mol. The van der Waals surface area contributed by atoms with Gasteiger partial charge in [0, 0.05) is 19.1 Å². The fraction of sp³-hybridized carbons (Fsp3) is 1.00. The van der Waals surface area contributed by atoms with Gasteiger partial charge >= 0.3 is 0 Å². The molecule has 2 aliphatic rings. The predicted molar refractivity (Wildman–Crippen MR) is 59.6 cm³/mol. The van der Waals surface area contributed by atoms with Crippen LogP contribution in [0.5, 0.6) is 0 Å². The highest BCUT2D eigenvalue weighted by Crippen LogP contribution is 2.27. The van der Waals surface area contributed by atoms with Crippen molar-refractivity contribution in [2.24, 2.45) is 5.92 Å². The summed E-state index contributed by atoms with van der Waals surface area (Å²) in [5.41, 5.74) is 0. The van der Waals surface area contributed by atoms with Crippen LogP contribution in [0.4, 0.5) is 0 Å². The number of hydrogen-bond acceptors (Lipinski definition) is 3. The van der Waals surface area contributed by atoms with Gasteiger partial charge in [-0.25, -0.2) is 0 Å². The van der Waals surface area contributed by atoms with Crippen molar-refractivity contribution in [2.75, 3.05) is 13.1 Å². The zero-order valence-corrected chi connectivity index (χ0v) is 9.60. The number of rotatable bonds is 1. The Morgan fingerprint density at radius 2 is 1.67 bits per heavy atom. The third-order valence-electron chi connectivity index (χ3n) is 4.07. The molecule has 3 heteroatoms. The Morgan fingerprint density at radius 1 is 1.00 bits per heavy atom. The van der Waals surface area contributed by atoms with Gasteiger partial charge in [0.05, 0.1) is 12.2 Å². The Kier molecular flexibility index (Phi) is 3.65. The molecule has 1 aliphatic carbocycles. The van der Waals surface area contributed by atoms with Gasteiger partial charge in [0.1, 0.15) is 0 Å². The highest BCUT2D eigenvalue weighted by molar-refractivity contribution is 4.85. The Labute approximate surface area is 92.1 Å². The molecule has 2 unspecified atom stereocenters. The van der Waals surface area contributed by atoms with Gasteiger partial charge in [0.15, 0.2) is 0 Å². The molecule has 0 aromatic carbocycles. The number of aliphatic hydroxyl groups excluding tert-OH is 2. The summed E-state index contributed by atoms with van der Waals surface area (Å²) < 4.78 is 0. The van der Waals surface area contributed by atoms with Crippen LogP contribution < -0.4 is 0 Å². The second kappa shape index (κ2) is 4.81. The maximum Gasteiger partial charge on any atom is 0.0590 e. The first-order chi connectivity index (χ1) is 7.16. The number of aliphatic hydroxyl groups is 2. The van der Waals surface area contributed by atoms with Crippen molar-refractivity contribution in [3.05, 3.63) is 0 Å². The van der Waals surface area contributed by atoms with E-state index in [4.69, 9.17) is 0 Å². The molecule has 0 amide bonds. The van der Waals surface area contributed by atoms with E-state index in [9.17, 15) is 10.2 Å². The van der Waals surface area contributed by atoms with Crippen molar-refractivity contribution in [3.8, 4) is 0 Å². The fourth-order valence-corrected chi connectivity index (χ4v) is 2.92. The lowest BCUT2D eigenvalue weighted by molar-refractivity contribution is -0.00165. The minimum Gasteiger partial charge on any atom is -0.393 e. The molecule has 15 heavy (non-hydrogen) atoms. The molecule has 1 saturated carbocycles. The number of piperidine rings is 1. The Balaban J connectivity index is 1.84. The van der Waals surface area contributed by atoms with E-state index in [0.29, 0.717) is 12.0 Å². The SMILES string of the molecule is CC1CN(C2CCC(O)CC2)CCC1O. The fourth-order valence-electron chi connectivity index (χ4n) is 2.92. The van der Waals surface area contributed by atoms with Crippen molar-refractivity contribution in [3.63, 3.8) is 0 Å². The summed E-state index contributed by atoms with van der Waals surface area (Å²) in [7, 11) is 0. The van der Waals surface area contributed by atoms with Gasteiger partial charge in [-0.2, -0.15) is 0 Å². The summed E-state index contributed by atoms with van der Waals surface area (Å²) in [6.07, 6.45) is 4.93. The van der Waals surface area contributed by atoms with E-state index in [-0.39, 0.29) is 12.2 Å². The van der Waals surface area contributed by atoms with Gasteiger partial charge in [-0.05, 0) is 38.0 Å². The first-order valence-electron chi connectivity index (χ1n) is 6.27. The smallest absolute Gasteiger partial charge is 0.0590 e.